The summed E-state index contributed by atoms with van der Waals surface area (Å²) in [5, 5.41) is 4.83. The zero-order valence-electron chi connectivity index (χ0n) is 11.6. The maximum atomic E-state index is 6.19. The molecule has 20 heavy (non-hydrogen) atoms. The molecule has 0 aliphatic carbocycles. The van der Waals surface area contributed by atoms with Crippen LogP contribution in [0.2, 0.25) is 10.0 Å². The number of halogens is 2. The average Bonchev–Trinajstić information content (AvgIpc) is 2.45. The maximum absolute atomic E-state index is 6.19. The second kappa shape index (κ2) is 7.56. The fourth-order valence-electron chi connectivity index (χ4n) is 2.10. The molecular weight excluding hydrogens is 289 g/mol. The van der Waals surface area contributed by atoms with Crippen LogP contribution in [0.15, 0.2) is 42.5 Å². The molecule has 0 spiro atoms. The summed E-state index contributed by atoms with van der Waals surface area (Å²) in [6.07, 6.45) is 3.38. The lowest BCUT2D eigenvalue weighted by atomic mass is 10.1. The Hall–Kier alpha value is -1.18. The number of unbranched alkanes of at least 4 members (excludes halogenated alkanes) is 1. The molecule has 0 atom stereocenters. The monoisotopic (exact) mass is 307 g/mol. The standard InChI is InChI=1S/C17H19Cl2N/c1-13-11-16(19)17(12-15(13)18)20-10-6-5-9-14-7-3-2-4-8-14/h2-4,7-8,11-12,20H,5-6,9-10H2,1H3. The highest BCUT2D eigenvalue weighted by Gasteiger charge is 2.03. The van der Waals surface area contributed by atoms with E-state index in [0.29, 0.717) is 0 Å². The highest BCUT2D eigenvalue weighted by Crippen LogP contribution is 2.28. The summed E-state index contributed by atoms with van der Waals surface area (Å²) in [6, 6.07) is 14.4. The molecule has 1 nitrogen and oxygen atoms in total. The van der Waals surface area contributed by atoms with E-state index in [0.717, 1.165) is 47.1 Å². The van der Waals surface area contributed by atoms with Crippen molar-refractivity contribution >= 4 is 28.9 Å². The van der Waals surface area contributed by atoms with Crippen LogP contribution in [-0.2, 0) is 6.42 Å². The predicted molar refractivity (Wildman–Crippen MR) is 89.1 cm³/mol. The summed E-state index contributed by atoms with van der Waals surface area (Å²) < 4.78 is 0. The summed E-state index contributed by atoms with van der Waals surface area (Å²) in [5.74, 6) is 0. The van der Waals surface area contributed by atoms with Crippen LogP contribution < -0.4 is 5.32 Å². The number of anilines is 1. The Balaban J connectivity index is 1.75. The minimum Gasteiger partial charge on any atom is -0.384 e. The molecule has 2 aromatic carbocycles. The Morgan fingerprint density at radius 1 is 0.950 bits per heavy atom. The van der Waals surface area contributed by atoms with Gasteiger partial charge in [-0.2, -0.15) is 0 Å². The summed E-state index contributed by atoms with van der Waals surface area (Å²) >= 11 is 12.3. The zero-order chi connectivity index (χ0) is 14.4. The topological polar surface area (TPSA) is 12.0 Å². The summed E-state index contributed by atoms with van der Waals surface area (Å²) in [6.45, 7) is 2.86. The molecule has 0 bridgehead atoms. The average molecular weight is 308 g/mol. The third-order valence-corrected chi connectivity index (χ3v) is 4.02. The van der Waals surface area contributed by atoms with E-state index in [4.69, 9.17) is 23.2 Å². The first-order valence-corrected chi connectivity index (χ1v) is 7.66. The molecule has 2 rings (SSSR count). The van der Waals surface area contributed by atoms with Crippen LogP contribution >= 0.6 is 23.2 Å². The minimum atomic E-state index is 0.731. The van der Waals surface area contributed by atoms with Crippen molar-refractivity contribution in [2.75, 3.05) is 11.9 Å². The van der Waals surface area contributed by atoms with Gasteiger partial charge >= 0.3 is 0 Å². The third kappa shape index (κ3) is 4.43. The Morgan fingerprint density at radius 2 is 1.70 bits per heavy atom. The molecule has 106 valence electrons. The van der Waals surface area contributed by atoms with Gasteiger partial charge in [-0.15, -0.1) is 0 Å². The van der Waals surface area contributed by atoms with Crippen LogP contribution in [0.25, 0.3) is 0 Å². The van der Waals surface area contributed by atoms with E-state index in [2.05, 4.69) is 29.6 Å². The van der Waals surface area contributed by atoms with Gasteiger partial charge in [-0.25, -0.2) is 0 Å². The van der Waals surface area contributed by atoms with Crippen molar-refractivity contribution in [3.8, 4) is 0 Å². The van der Waals surface area contributed by atoms with E-state index in [1.165, 1.54) is 5.56 Å². The molecule has 0 saturated carbocycles. The second-order valence-corrected chi connectivity index (χ2v) is 5.77. The van der Waals surface area contributed by atoms with Gasteiger partial charge in [-0.1, -0.05) is 53.5 Å². The third-order valence-electron chi connectivity index (χ3n) is 3.30. The molecule has 0 amide bonds. The van der Waals surface area contributed by atoms with E-state index in [1.54, 1.807) is 0 Å². The molecule has 0 aliphatic heterocycles. The van der Waals surface area contributed by atoms with Gasteiger partial charge in [0.25, 0.3) is 0 Å². The molecule has 1 N–H and O–H groups in total. The normalized spacial score (nSPS) is 10.6. The Morgan fingerprint density at radius 3 is 2.45 bits per heavy atom. The fourth-order valence-corrected chi connectivity index (χ4v) is 2.55. The van der Waals surface area contributed by atoms with Gasteiger partial charge in [0.05, 0.1) is 10.7 Å². The van der Waals surface area contributed by atoms with Crippen LogP contribution in [0.4, 0.5) is 5.69 Å². The Labute approximate surface area is 130 Å². The van der Waals surface area contributed by atoms with E-state index in [9.17, 15) is 0 Å². The van der Waals surface area contributed by atoms with Crippen LogP contribution in [-0.4, -0.2) is 6.54 Å². The van der Waals surface area contributed by atoms with Crippen molar-refractivity contribution < 1.29 is 0 Å². The van der Waals surface area contributed by atoms with Gasteiger partial charge in [0.1, 0.15) is 0 Å². The van der Waals surface area contributed by atoms with Crippen LogP contribution in [0, 0.1) is 6.92 Å². The molecule has 3 heteroatoms. The lowest BCUT2D eigenvalue weighted by Crippen LogP contribution is -2.03. The van der Waals surface area contributed by atoms with Gasteiger partial charge in [-0.05, 0) is 49.4 Å². The van der Waals surface area contributed by atoms with E-state index in [1.807, 2.05) is 25.1 Å². The van der Waals surface area contributed by atoms with Crippen molar-refractivity contribution in [1.29, 1.82) is 0 Å². The highest BCUT2D eigenvalue weighted by molar-refractivity contribution is 6.35. The first-order chi connectivity index (χ1) is 9.66. The predicted octanol–water partition coefficient (Wildman–Crippen LogP) is 5.74. The molecule has 0 radical (unpaired) electrons. The Kier molecular flexibility index (Phi) is 5.75. The van der Waals surface area contributed by atoms with Gasteiger partial charge < -0.3 is 5.32 Å². The second-order valence-electron chi connectivity index (χ2n) is 4.95. The van der Waals surface area contributed by atoms with Gasteiger partial charge in [0.15, 0.2) is 0 Å². The van der Waals surface area contributed by atoms with Crippen LogP contribution in [0.3, 0.4) is 0 Å². The number of benzene rings is 2. The van der Waals surface area contributed by atoms with Crippen molar-refractivity contribution in [1.82, 2.24) is 0 Å². The molecule has 0 heterocycles. The maximum Gasteiger partial charge on any atom is 0.0641 e. The smallest absolute Gasteiger partial charge is 0.0641 e. The lowest BCUT2D eigenvalue weighted by molar-refractivity contribution is 0.763. The first kappa shape index (κ1) is 15.2. The van der Waals surface area contributed by atoms with E-state index in [-0.39, 0.29) is 0 Å². The molecule has 0 unspecified atom stereocenters. The Bertz CT molecular complexity index is 552. The van der Waals surface area contributed by atoms with Crippen LogP contribution in [0.5, 0.6) is 0 Å². The van der Waals surface area contributed by atoms with Gasteiger partial charge in [0.2, 0.25) is 0 Å². The van der Waals surface area contributed by atoms with Crippen molar-refractivity contribution in [3.63, 3.8) is 0 Å². The summed E-state index contributed by atoms with van der Waals surface area (Å²) in [4.78, 5) is 0. The number of hydrogen-bond acceptors (Lipinski definition) is 1. The van der Waals surface area contributed by atoms with Gasteiger partial charge in [0, 0.05) is 11.6 Å². The number of rotatable bonds is 6. The molecule has 2 aromatic rings. The van der Waals surface area contributed by atoms with Crippen molar-refractivity contribution in [2.45, 2.75) is 26.2 Å². The summed E-state index contributed by atoms with van der Waals surface area (Å²) in [7, 11) is 0. The fraction of sp³-hybridized carbons (Fsp3) is 0.294. The largest absolute Gasteiger partial charge is 0.384 e. The SMILES string of the molecule is Cc1cc(Cl)c(NCCCCc2ccccc2)cc1Cl. The molecule has 0 aliphatic rings. The number of hydrogen-bond donors (Lipinski definition) is 1. The zero-order valence-corrected chi connectivity index (χ0v) is 13.1. The number of nitrogens with one attached hydrogen (secondary N) is 1. The van der Waals surface area contributed by atoms with E-state index < -0.39 is 0 Å². The van der Waals surface area contributed by atoms with Crippen molar-refractivity contribution in [2.24, 2.45) is 0 Å². The highest BCUT2D eigenvalue weighted by atomic mass is 35.5. The minimum absolute atomic E-state index is 0.731. The van der Waals surface area contributed by atoms with Crippen molar-refractivity contribution in [3.05, 3.63) is 63.6 Å². The van der Waals surface area contributed by atoms with Crippen LogP contribution in [0.1, 0.15) is 24.0 Å². The molecule has 0 saturated heterocycles. The van der Waals surface area contributed by atoms with Gasteiger partial charge in [-0.3, -0.25) is 0 Å². The molecular formula is C17H19Cl2N. The van der Waals surface area contributed by atoms with E-state index >= 15 is 0 Å². The number of aryl methyl sites for hydroxylation is 2. The summed E-state index contributed by atoms with van der Waals surface area (Å²) in [5.41, 5.74) is 3.32. The molecule has 0 aromatic heterocycles. The molecule has 0 fully saturated rings. The first-order valence-electron chi connectivity index (χ1n) is 6.90. The quantitative estimate of drug-likeness (QED) is 0.671. The lowest BCUT2D eigenvalue weighted by Gasteiger charge is -2.10.